The van der Waals surface area contributed by atoms with Gasteiger partial charge in [0.2, 0.25) is 0 Å². The number of hydrogen-bond acceptors (Lipinski definition) is 5. The summed E-state index contributed by atoms with van der Waals surface area (Å²) in [7, 11) is 0. The molecule has 1 N–H and O–H groups in total. The first-order chi connectivity index (χ1) is 13.7. The van der Waals surface area contributed by atoms with Crippen LogP contribution in [0.1, 0.15) is 39.4 Å². The number of H-pyrrole nitrogens is 1. The Labute approximate surface area is 167 Å². The van der Waals surface area contributed by atoms with Crippen LogP contribution in [0.25, 0.3) is 11.0 Å². The lowest BCUT2D eigenvalue weighted by molar-refractivity contribution is 0.0745. The van der Waals surface area contributed by atoms with Crippen molar-refractivity contribution in [1.82, 2.24) is 19.9 Å². The quantitative estimate of drug-likeness (QED) is 0.726. The summed E-state index contributed by atoms with van der Waals surface area (Å²) >= 11 is 1.72. The molecule has 28 heavy (non-hydrogen) atoms. The van der Waals surface area contributed by atoms with Crippen LogP contribution in [0, 0.1) is 5.41 Å². The highest BCUT2D eigenvalue weighted by Gasteiger charge is 2.48. The fraction of sp³-hybridized carbons (Fsp3) is 0.476. The minimum absolute atomic E-state index is 0.222. The summed E-state index contributed by atoms with van der Waals surface area (Å²) < 4.78 is 0. The summed E-state index contributed by atoms with van der Waals surface area (Å²) in [5, 5.41) is 1.06. The van der Waals surface area contributed by atoms with Crippen molar-refractivity contribution in [2.75, 3.05) is 31.1 Å². The molecule has 3 aromatic rings. The topological polar surface area (TPSA) is 65.1 Å². The minimum Gasteiger partial charge on any atom is -0.354 e. The maximum absolute atomic E-state index is 13.3. The number of amides is 1. The summed E-state index contributed by atoms with van der Waals surface area (Å²) in [4.78, 5) is 32.2. The van der Waals surface area contributed by atoms with Crippen LogP contribution in [0.5, 0.6) is 0 Å². The Balaban J connectivity index is 1.28. The van der Waals surface area contributed by atoms with Gasteiger partial charge in [0, 0.05) is 42.7 Å². The predicted octanol–water partition coefficient (Wildman–Crippen LogP) is 3.25. The van der Waals surface area contributed by atoms with E-state index >= 15 is 0 Å². The minimum atomic E-state index is 0.222. The standard InChI is InChI=1S/C21H23N5OS/c27-20(17-10-14-2-1-3-16(14)28-17)26-9-8-25(11-21(12-26)5-6-21)19-15-4-7-22-18(15)23-13-24-19/h4,7,10,13H,1-3,5-6,8-9,11-12H2,(H,22,23,24). The number of carbonyl (C=O) groups is 1. The summed E-state index contributed by atoms with van der Waals surface area (Å²) in [6.45, 7) is 3.40. The number of aryl methyl sites for hydroxylation is 2. The zero-order chi connectivity index (χ0) is 18.7. The number of thiophene rings is 1. The first kappa shape index (κ1) is 16.5. The zero-order valence-electron chi connectivity index (χ0n) is 15.8. The maximum atomic E-state index is 13.3. The van der Waals surface area contributed by atoms with Crippen molar-refractivity contribution < 1.29 is 4.79 Å². The normalized spacial score (nSPS) is 20.6. The van der Waals surface area contributed by atoms with Gasteiger partial charge in [-0.25, -0.2) is 9.97 Å². The van der Waals surface area contributed by atoms with Crippen LogP contribution >= 0.6 is 11.3 Å². The van der Waals surface area contributed by atoms with Crippen LogP contribution in [-0.2, 0) is 12.8 Å². The number of aromatic amines is 1. The van der Waals surface area contributed by atoms with Crippen molar-refractivity contribution >= 4 is 34.1 Å². The number of fused-ring (bicyclic) bond motifs is 2. The molecule has 1 aliphatic heterocycles. The van der Waals surface area contributed by atoms with Crippen molar-refractivity contribution in [3.8, 4) is 0 Å². The number of rotatable bonds is 2. The van der Waals surface area contributed by atoms with Crippen molar-refractivity contribution in [3.05, 3.63) is 40.0 Å². The van der Waals surface area contributed by atoms with E-state index in [-0.39, 0.29) is 11.3 Å². The number of hydrogen-bond donors (Lipinski definition) is 1. The molecule has 1 amide bonds. The number of aromatic nitrogens is 3. The maximum Gasteiger partial charge on any atom is 0.264 e. The molecular formula is C21H23N5OS. The number of carbonyl (C=O) groups excluding carboxylic acids is 1. The second kappa shape index (κ2) is 6.04. The summed E-state index contributed by atoms with van der Waals surface area (Å²) in [6, 6.07) is 4.20. The molecule has 1 saturated carbocycles. The fourth-order valence-electron chi connectivity index (χ4n) is 4.81. The lowest BCUT2D eigenvalue weighted by atomic mass is 10.1. The Morgan fingerprint density at radius 2 is 2.11 bits per heavy atom. The lowest BCUT2D eigenvalue weighted by Crippen LogP contribution is -2.36. The fourth-order valence-corrected chi connectivity index (χ4v) is 6.03. The van der Waals surface area contributed by atoms with Gasteiger partial charge in [-0.2, -0.15) is 0 Å². The molecule has 0 bridgehead atoms. The van der Waals surface area contributed by atoms with Crippen LogP contribution in [-0.4, -0.2) is 51.9 Å². The van der Waals surface area contributed by atoms with Crippen molar-refractivity contribution in [2.24, 2.45) is 5.41 Å². The van der Waals surface area contributed by atoms with E-state index < -0.39 is 0 Å². The third kappa shape index (κ3) is 2.64. The number of nitrogens with one attached hydrogen (secondary N) is 1. The molecule has 6 nitrogen and oxygen atoms in total. The van der Waals surface area contributed by atoms with E-state index in [1.807, 2.05) is 12.3 Å². The van der Waals surface area contributed by atoms with Crippen LogP contribution in [0.2, 0.25) is 0 Å². The molecule has 1 spiro atoms. The Morgan fingerprint density at radius 3 is 2.96 bits per heavy atom. The largest absolute Gasteiger partial charge is 0.354 e. The summed E-state index contributed by atoms with van der Waals surface area (Å²) in [5.41, 5.74) is 2.50. The average molecular weight is 394 g/mol. The Morgan fingerprint density at radius 1 is 1.18 bits per heavy atom. The van der Waals surface area contributed by atoms with Crippen molar-refractivity contribution in [3.63, 3.8) is 0 Å². The number of anilines is 1. The van der Waals surface area contributed by atoms with Gasteiger partial charge < -0.3 is 14.8 Å². The van der Waals surface area contributed by atoms with E-state index in [2.05, 4.69) is 30.8 Å². The van der Waals surface area contributed by atoms with Crippen molar-refractivity contribution in [1.29, 1.82) is 0 Å². The van der Waals surface area contributed by atoms with Gasteiger partial charge in [-0.3, -0.25) is 4.79 Å². The summed E-state index contributed by atoms with van der Waals surface area (Å²) in [5.74, 6) is 1.21. The Bertz CT molecular complexity index is 1040. The molecule has 0 radical (unpaired) electrons. The van der Waals surface area contributed by atoms with Crippen LogP contribution < -0.4 is 4.90 Å². The molecule has 1 saturated heterocycles. The molecule has 3 aliphatic rings. The van der Waals surface area contributed by atoms with E-state index in [0.717, 1.165) is 60.7 Å². The third-order valence-corrected chi connectivity index (χ3v) is 7.75. The van der Waals surface area contributed by atoms with E-state index in [4.69, 9.17) is 0 Å². The van der Waals surface area contributed by atoms with Crippen LogP contribution in [0.4, 0.5) is 5.82 Å². The number of nitrogens with zero attached hydrogens (tertiary/aromatic N) is 4. The molecule has 2 fully saturated rings. The van der Waals surface area contributed by atoms with Gasteiger partial charge in [0.05, 0.1) is 10.3 Å². The molecule has 0 atom stereocenters. The smallest absolute Gasteiger partial charge is 0.264 e. The highest BCUT2D eigenvalue weighted by Crippen LogP contribution is 2.49. The first-order valence-electron chi connectivity index (χ1n) is 10.1. The van der Waals surface area contributed by atoms with Gasteiger partial charge in [0.15, 0.2) is 0 Å². The van der Waals surface area contributed by atoms with Gasteiger partial charge in [-0.05, 0) is 49.8 Å². The van der Waals surface area contributed by atoms with E-state index in [1.165, 1.54) is 29.7 Å². The Kier molecular flexibility index (Phi) is 3.57. The van der Waals surface area contributed by atoms with E-state index in [0.29, 0.717) is 0 Å². The van der Waals surface area contributed by atoms with Gasteiger partial charge in [0.25, 0.3) is 5.91 Å². The second-order valence-corrected chi connectivity index (χ2v) is 9.63. The van der Waals surface area contributed by atoms with Gasteiger partial charge >= 0.3 is 0 Å². The van der Waals surface area contributed by atoms with E-state index in [1.54, 1.807) is 17.7 Å². The SMILES string of the molecule is O=C(c1cc2c(s1)CCC2)N1CCN(c2ncnc3[nH]ccc23)CC2(CC2)C1. The molecule has 6 rings (SSSR count). The molecule has 144 valence electrons. The lowest BCUT2D eigenvalue weighted by Gasteiger charge is -2.25. The van der Waals surface area contributed by atoms with Gasteiger partial charge in [-0.15, -0.1) is 11.3 Å². The molecule has 2 aliphatic carbocycles. The highest BCUT2D eigenvalue weighted by atomic mass is 32.1. The zero-order valence-corrected chi connectivity index (χ0v) is 16.6. The highest BCUT2D eigenvalue weighted by molar-refractivity contribution is 7.14. The van der Waals surface area contributed by atoms with Gasteiger partial charge in [-0.1, -0.05) is 0 Å². The molecule has 0 aromatic carbocycles. The predicted molar refractivity (Wildman–Crippen MR) is 110 cm³/mol. The second-order valence-electron chi connectivity index (χ2n) is 8.50. The first-order valence-corrected chi connectivity index (χ1v) is 11.0. The third-order valence-electron chi connectivity index (χ3n) is 6.53. The summed E-state index contributed by atoms with van der Waals surface area (Å²) in [6.07, 6.45) is 9.45. The monoisotopic (exact) mass is 393 g/mol. The molecule has 4 heterocycles. The van der Waals surface area contributed by atoms with Crippen LogP contribution in [0.15, 0.2) is 24.7 Å². The average Bonchev–Trinajstić information content (AvgIpc) is 3.03. The molecule has 7 heteroatoms. The molecule has 3 aromatic heterocycles. The Hall–Kier alpha value is -2.41. The van der Waals surface area contributed by atoms with Crippen LogP contribution in [0.3, 0.4) is 0 Å². The molecular weight excluding hydrogens is 370 g/mol. The van der Waals surface area contributed by atoms with Gasteiger partial charge in [0.1, 0.15) is 17.8 Å². The van der Waals surface area contributed by atoms with Crippen molar-refractivity contribution in [2.45, 2.75) is 32.1 Å². The molecule has 0 unspecified atom stereocenters. The van der Waals surface area contributed by atoms with E-state index in [9.17, 15) is 4.79 Å².